The van der Waals surface area contributed by atoms with Crippen molar-refractivity contribution in [3.05, 3.63) is 47.0 Å². The molecule has 21 heavy (non-hydrogen) atoms. The molecule has 0 fully saturated rings. The first-order valence-electron chi connectivity index (χ1n) is 7.15. The van der Waals surface area contributed by atoms with E-state index in [1.54, 1.807) is 19.4 Å². The molecule has 0 saturated heterocycles. The summed E-state index contributed by atoms with van der Waals surface area (Å²) >= 11 is 0. The molecule has 1 aromatic heterocycles. The maximum Gasteiger partial charge on any atom is 0.161 e. The van der Waals surface area contributed by atoms with Gasteiger partial charge in [0.1, 0.15) is 11.5 Å². The molecule has 2 aromatic rings. The van der Waals surface area contributed by atoms with Crippen LogP contribution in [0.15, 0.2) is 24.4 Å². The fraction of sp³-hybridized carbons (Fsp3) is 0.438. The molecule has 5 heteroatoms. The number of hydrogen-bond acceptors (Lipinski definition) is 3. The number of rotatable bonds is 6. The first-order chi connectivity index (χ1) is 10.1. The number of nitrogens with zero attached hydrogens (tertiary/aromatic N) is 2. The van der Waals surface area contributed by atoms with E-state index in [-0.39, 0.29) is 11.9 Å². The number of benzene rings is 1. The Morgan fingerprint density at radius 3 is 2.76 bits per heavy atom. The molecule has 0 radical (unpaired) electrons. The normalized spacial score (nSPS) is 12.4. The monoisotopic (exact) mass is 291 g/mol. The number of halogens is 1. The van der Waals surface area contributed by atoms with Crippen molar-refractivity contribution in [2.75, 3.05) is 14.2 Å². The molecule has 1 unspecified atom stereocenters. The summed E-state index contributed by atoms with van der Waals surface area (Å²) in [5.74, 6) is 0.520. The van der Waals surface area contributed by atoms with Crippen LogP contribution in [0.4, 0.5) is 4.39 Å². The van der Waals surface area contributed by atoms with E-state index in [0.29, 0.717) is 0 Å². The van der Waals surface area contributed by atoms with Crippen molar-refractivity contribution in [1.29, 1.82) is 0 Å². The zero-order chi connectivity index (χ0) is 15.4. The Kier molecular flexibility index (Phi) is 4.96. The lowest BCUT2D eigenvalue weighted by Gasteiger charge is -2.21. The van der Waals surface area contributed by atoms with Crippen LogP contribution in [0.5, 0.6) is 5.75 Å². The molecule has 2 rings (SSSR count). The van der Waals surface area contributed by atoms with Gasteiger partial charge >= 0.3 is 0 Å². The molecule has 0 spiro atoms. The number of aryl methyl sites for hydroxylation is 2. The van der Waals surface area contributed by atoms with Crippen LogP contribution in [-0.2, 0) is 6.54 Å². The fourth-order valence-corrected chi connectivity index (χ4v) is 2.62. The minimum Gasteiger partial charge on any atom is -0.493 e. The molecule has 1 atom stereocenters. The van der Waals surface area contributed by atoms with E-state index in [9.17, 15) is 4.39 Å². The van der Waals surface area contributed by atoms with Crippen molar-refractivity contribution in [2.24, 2.45) is 0 Å². The molecule has 114 valence electrons. The summed E-state index contributed by atoms with van der Waals surface area (Å²) in [5, 5.41) is 7.69. The highest BCUT2D eigenvalue weighted by Gasteiger charge is 2.23. The summed E-state index contributed by atoms with van der Waals surface area (Å²) in [6.45, 7) is 4.84. The minimum atomic E-state index is -0.222. The first kappa shape index (κ1) is 15.5. The second-order valence-corrected chi connectivity index (χ2v) is 5.04. The second-order valence-electron chi connectivity index (χ2n) is 5.04. The van der Waals surface area contributed by atoms with Crippen molar-refractivity contribution < 1.29 is 9.13 Å². The van der Waals surface area contributed by atoms with E-state index in [1.165, 1.54) is 6.07 Å². The maximum atomic E-state index is 13.3. The van der Waals surface area contributed by atoms with E-state index < -0.39 is 0 Å². The fourth-order valence-electron chi connectivity index (χ4n) is 2.62. The lowest BCUT2D eigenvalue weighted by molar-refractivity contribution is 0.400. The van der Waals surface area contributed by atoms with E-state index >= 15 is 0 Å². The summed E-state index contributed by atoms with van der Waals surface area (Å²) < 4.78 is 20.7. The standard InChI is InChI=1S/C16H22FN3O/c1-5-8-20-16(14(21-4)10-19-20)15(18-3)13-7-6-12(17)9-11(13)2/h6-7,9-10,15,18H,5,8H2,1-4H3. The Hall–Kier alpha value is -1.88. The van der Waals surface area contributed by atoms with Gasteiger partial charge in [0.05, 0.1) is 19.3 Å². The van der Waals surface area contributed by atoms with Gasteiger partial charge in [0.25, 0.3) is 0 Å². The van der Waals surface area contributed by atoms with Crippen LogP contribution >= 0.6 is 0 Å². The van der Waals surface area contributed by atoms with Crippen molar-refractivity contribution in [1.82, 2.24) is 15.1 Å². The van der Waals surface area contributed by atoms with Crippen LogP contribution in [0.2, 0.25) is 0 Å². The highest BCUT2D eigenvalue weighted by atomic mass is 19.1. The third-order valence-corrected chi connectivity index (χ3v) is 3.61. The van der Waals surface area contributed by atoms with Gasteiger partial charge < -0.3 is 10.1 Å². The van der Waals surface area contributed by atoms with Gasteiger partial charge in [0.2, 0.25) is 0 Å². The highest BCUT2D eigenvalue weighted by molar-refractivity contribution is 5.40. The second kappa shape index (κ2) is 6.72. The molecule has 0 saturated carbocycles. The summed E-state index contributed by atoms with van der Waals surface area (Å²) in [4.78, 5) is 0. The van der Waals surface area contributed by atoms with E-state index in [4.69, 9.17) is 4.74 Å². The van der Waals surface area contributed by atoms with Gasteiger partial charge in [0.15, 0.2) is 5.75 Å². The quantitative estimate of drug-likeness (QED) is 0.889. The van der Waals surface area contributed by atoms with Crippen molar-refractivity contribution in [3.63, 3.8) is 0 Å². The molecule has 0 aliphatic heterocycles. The lowest BCUT2D eigenvalue weighted by atomic mass is 9.98. The van der Waals surface area contributed by atoms with Crippen LogP contribution in [0.3, 0.4) is 0 Å². The average molecular weight is 291 g/mol. The Balaban J connectivity index is 2.52. The molecule has 0 aliphatic rings. The van der Waals surface area contributed by atoms with Gasteiger partial charge in [-0.15, -0.1) is 0 Å². The Labute approximate surface area is 124 Å². The molecule has 1 aromatic carbocycles. The summed E-state index contributed by atoms with van der Waals surface area (Å²) in [7, 11) is 3.53. The van der Waals surface area contributed by atoms with Crippen molar-refractivity contribution in [3.8, 4) is 5.75 Å². The van der Waals surface area contributed by atoms with Gasteiger partial charge in [-0.1, -0.05) is 13.0 Å². The van der Waals surface area contributed by atoms with Gasteiger partial charge in [-0.05, 0) is 43.7 Å². The molecular weight excluding hydrogens is 269 g/mol. The highest BCUT2D eigenvalue weighted by Crippen LogP contribution is 2.31. The van der Waals surface area contributed by atoms with Crippen LogP contribution < -0.4 is 10.1 Å². The van der Waals surface area contributed by atoms with Gasteiger partial charge in [-0.2, -0.15) is 5.10 Å². The van der Waals surface area contributed by atoms with Gasteiger partial charge in [0, 0.05) is 6.54 Å². The van der Waals surface area contributed by atoms with Crippen molar-refractivity contribution in [2.45, 2.75) is 32.9 Å². The lowest BCUT2D eigenvalue weighted by Crippen LogP contribution is -2.23. The van der Waals surface area contributed by atoms with Crippen LogP contribution in [0.25, 0.3) is 0 Å². The maximum absolute atomic E-state index is 13.3. The van der Waals surface area contributed by atoms with E-state index in [0.717, 1.165) is 35.5 Å². The third-order valence-electron chi connectivity index (χ3n) is 3.61. The number of nitrogens with one attached hydrogen (secondary N) is 1. The van der Waals surface area contributed by atoms with Crippen LogP contribution in [0, 0.1) is 12.7 Å². The van der Waals surface area contributed by atoms with Crippen LogP contribution in [-0.4, -0.2) is 23.9 Å². The van der Waals surface area contributed by atoms with Gasteiger partial charge in [-0.25, -0.2) is 4.39 Å². The Bertz CT molecular complexity index is 610. The van der Waals surface area contributed by atoms with Crippen molar-refractivity contribution >= 4 is 0 Å². The Morgan fingerprint density at radius 2 is 2.19 bits per heavy atom. The molecule has 4 nitrogen and oxygen atoms in total. The molecular formula is C16H22FN3O. The third kappa shape index (κ3) is 3.08. The number of aromatic nitrogens is 2. The largest absolute Gasteiger partial charge is 0.493 e. The molecule has 0 aliphatic carbocycles. The SMILES string of the molecule is CCCn1ncc(OC)c1C(NC)c1ccc(F)cc1C. The minimum absolute atomic E-state index is 0.0883. The summed E-state index contributed by atoms with van der Waals surface area (Å²) in [5.41, 5.74) is 2.90. The number of hydrogen-bond donors (Lipinski definition) is 1. The van der Waals surface area contributed by atoms with E-state index in [1.807, 2.05) is 24.7 Å². The average Bonchev–Trinajstić information content (AvgIpc) is 2.85. The number of methoxy groups -OCH3 is 1. The zero-order valence-electron chi connectivity index (χ0n) is 13.0. The van der Waals surface area contributed by atoms with Gasteiger partial charge in [-0.3, -0.25) is 4.68 Å². The summed E-state index contributed by atoms with van der Waals surface area (Å²) in [6.07, 6.45) is 2.71. The molecule has 0 bridgehead atoms. The molecule has 1 N–H and O–H groups in total. The molecule has 1 heterocycles. The van der Waals surface area contributed by atoms with E-state index in [2.05, 4.69) is 17.3 Å². The predicted octanol–water partition coefficient (Wildman–Crippen LogP) is 3.06. The topological polar surface area (TPSA) is 39.1 Å². The number of ether oxygens (including phenoxy) is 1. The molecule has 0 amide bonds. The smallest absolute Gasteiger partial charge is 0.161 e. The van der Waals surface area contributed by atoms with Crippen LogP contribution in [0.1, 0.15) is 36.2 Å². The first-order valence-corrected chi connectivity index (χ1v) is 7.15. The summed E-state index contributed by atoms with van der Waals surface area (Å²) in [6, 6.07) is 4.76. The zero-order valence-corrected chi connectivity index (χ0v) is 13.0. The predicted molar refractivity (Wildman–Crippen MR) is 81.1 cm³/mol. The Morgan fingerprint density at radius 1 is 1.43 bits per heavy atom.